The predicted molar refractivity (Wildman–Crippen MR) is 67.8 cm³/mol. The number of rotatable bonds is 2. The first-order valence-electron chi connectivity index (χ1n) is 5.22. The lowest BCUT2D eigenvalue weighted by Gasteiger charge is -2.06. The van der Waals surface area contributed by atoms with Crippen LogP contribution in [-0.4, -0.2) is 29.6 Å². The molecule has 102 valence electrons. The zero-order chi connectivity index (χ0) is 14.4. The maximum Gasteiger partial charge on any atom is 0.178 e. The van der Waals surface area contributed by atoms with E-state index >= 15 is 0 Å². The van der Waals surface area contributed by atoms with E-state index in [9.17, 15) is 17.9 Å². The molecule has 2 aromatic rings. The summed E-state index contributed by atoms with van der Waals surface area (Å²) in [6, 6.07) is 3.24. The maximum atomic E-state index is 13.8. The van der Waals surface area contributed by atoms with E-state index in [0.29, 0.717) is 5.82 Å². The number of halogens is 1. The normalized spacial score (nSPS) is 11.7. The third kappa shape index (κ3) is 2.39. The largest absolute Gasteiger partial charge is 0.507 e. The van der Waals surface area contributed by atoms with Crippen LogP contribution in [0.3, 0.4) is 0 Å². The van der Waals surface area contributed by atoms with Gasteiger partial charge in [0.25, 0.3) is 0 Å². The molecule has 0 unspecified atom stereocenters. The highest BCUT2D eigenvalue weighted by molar-refractivity contribution is 7.90. The van der Waals surface area contributed by atoms with Gasteiger partial charge in [0.2, 0.25) is 0 Å². The highest BCUT2D eigenvalue weighted by Gasteiger charge is 2.19. The number of nitrogen functional groups attached to an aromatic ring is 1. The van der Waals surface area contributed by atoms with Crippen molar-refractivity contribution >= 4 is 15.7 Å². The smallest absolute Gasteiger partial charge is 0.178 e. The molecule has 0 spiro atoms. The summed E-state index contributed by atoms with van der Waals surface area (Å²) in [6.07, 6.45) is 0.864. The molecule has 2 rings (SSSR count). The zero-order valence-electron chi connectivity index (χ0n) is 10.3. The van der Waals surface area contributed by atoms with Crippen molar-refractivity contribution in [1.29, 1.82) is 0 Å². The average Bonchev–Trinajstić information content (AvgIpc) is 2.60. The highest BCUT2D eigenvalue weighted by Crippen LogP contribution is 2.33. The minimum absolute atomic E-state index is 0.0807. The SMILES string of the molecule is Cn1nc(-c2cc(F)c(S(C)(=O)=O)cc2O)cc1N. The molecule has 1 heterocycles. The van der Waals surface area contributed by atoms with E-state index in [1.54, 1.807) is 7.05 Å². The molecule has 1 aromatic heterocycles. The Bertz CT molecular complexity index is 733. The summed E-state index contributed by atoms with van der Waals surface area (Å²) in [7, 11) is -2.15. The molecular formula is C11H12FN3O3S. The minimum Gasteiger partial charge on any atom is -0.507 e. The lowest BCUT2D eigenvalue weighted by atomic mass is 10.1. The van der Waals surface area contributed by atoms with Crippen LogP contribution in [0, 0.1) is 5.82 Å². The number of anilines is 1. The Kier molecular flexibility index (Phi) is 2.97. The fraction of sp³-hybridized carbons (Fsp3) is 0.182. The van der Waals surface area contributed by atoms with E-state index in [0.717, 1.165) is 18.4 Å². The predicted octanol–water partition coefficient (Wildman–Crippen LogP) is 0.918. The Balaban J connectivity index is 2.65. The summed E-state index contributed by atoms with van der Waals surface area (Å²) in [5, 5.41) is 13.8. The zero-order valence-corrected chi connectivity index (χ0v) is 11.1. The van der Waals surface area contributed by atoms with Crippen LogP contribution in [0.4, 0.5) is 10.2 Å². The number of hydrogen-bond donors (Lipinski definition) is 2. The molecule has 0 fully saturated rings. The number of aryl methyl sites for hydroxylation is 1. The number of phenols is 1. The van der Waals surface area contributed by atoms with Gasteiger partial charge in [0.05, 0.1) is 5.69 Å². The Morgan fingerprint density at radius 3 is 2.47 bits per heavy atom. The number of hydrogen-bond acceptors (Lipinski definition) is 5. The Hall–Kier alpha value is -2.09. The molecule has 0 aliphatic heterocycles. The van der Waals surface area contributed by atoms with E-state index < -0.39 is 20.5 Å². The molecule has 1 aromatic carbocycles. The summed E-state index contributed by atoms with van der Waals surface area (Å²) in [6.45, 7) is 0. The summed E-state index contributed by atoms with van der Waals surface area (Å²) in [5.74, 6) is -0.985. The minimum atomic E-state index is -3.74. The summed E-state index contributed by atoms with van der Waals surface area (Å²) in [4.78, 5) is -0.558. The third-order valence-corrected chi connectivity index (χ3v) is 3.75. The second kappa shape index (κ2) is 4.23. The second-order valence-electron chi connectivity index (χ2n) is 4.15. The van der Waals surface area contributed by atoms with Crippen LogP contribution < -0.4 is 5.73 Å². The fourth-order valence-electron chi connectivity index (χ4n) is 1.65. The van der Waals surface area contributed by atoms with Crippen molar-refractivity contribution in [2.24, 2.45) is 7.05 Å². The molecule has 0 bridgehead atoms. The molecule has 19 heavy (non-hydrogen) atoms. The van der Waals surface area contributed by atoms with Crippen LogP contribution in [0.25, 0.3) is 11.3 Å². The molecule has 0 radical (unpaired) electrons. The molecule has 0 saturated heterocycles. The lowest BCUT2D eigenvalue weighted by Crippen LogP contribution is -2.01. The van der Waals surface area contributed by atoms with Gasteiger partial charge < -0.3 is 10.8 Å². The molecular weight excluding hydrogens is 273 g/mol. The maximum absolute atomic E-state index is 13.8. The van der Waals surface area contributed by atoms with Crippen molar-refractivity contribution in [2.45, 2.75) is 4.90 Å². The third-order valence-electron chi connectivity index (χ3n) is 2.64. The van der Waals surface area contributed by atoms with Crippen molar-refractivity contribution in [3.05, 3.63) is 24.0 Å². The Morgan fingerprint density at radius 1 is 1.37 bits per heavy atom. The molecule has 0 amide bonds. The van der Waals surface area contributed by atoms with Gasteiger partial charge in [0, 0.05) is 31.0 Å². The number of sulfone groups is 1. The van der Waals surface area contributed by atoms with Gasteiger partial charge in [-0.1, -0.05) is 0 Å². The number of phenolic OH excluding ortho intramolecular Hbond substituents is 1. The topological polar surface area (TPSA) is 98.2 Å². The van der Waals surface area contributed by atoms with Crippen LogP contribution in [-0.2, 0) is 16.9 Å². The van der Waals surface area contributed by atoms with Gasteiger partial charge in [-0.3, -0.25) is 4.68 Å². The van der Waals surface area contributed by atoms with Gasteiger partial charge in [-0.15, -0.1) is 0 Å². The summed E-state index contributed by atoms with van der Waals surface area (Å²) in [5.41, 5.74) is 5.94. The first-order chi connectivity index (χ1) is 8.70. The molecule has 0 atom stereocenters. The van der Waals surface area contributed by atoms with Gasteiger partial charge in [-0.2, -0.15) is 5.10 Å². The van der Waals surface area contributed by atoms with Crippen LogP contribution in [0.5, 0.6) is 5.75 Å². The number of benzene rings is 1. The van der Waals surface area contributed by atoms with Crippen molar-refractivity contribution in [2.75, 3.05) is 12.0 Å². The molecule has 0 saturated carbocycles. The highest BCUT2D eigenvalue weighted by atomic mass is 32.2. The van der Waals surface area contributed by atoms with Crippen LogP contribution in [0.1, 0.15) is 0 Å². The Morgan fingerprint density at radius 2 is 2.00 bits per heavy atom. The number of aromatic nitrogens is 2. The van der Waals surface area contributed by atoms with Crippen molar-refractivity contribution in [3.63, 3.8) is 0 Å². The van der Waals surface area contributed by atoms with Crippen molar-refractivity contribution in [1.82, 2.24) is 9.78 Å². The van der Waals surface area contributed by atoms with Crippen LogP contribution in [0.2, 0.25) is 0 Å². The quantitative estimate of drug-likeness (QED) is 0.855. The first kappa shape index (κ1) is 13.3. The van der Waals surface area contributed by atoms with Gasteiger partial charge >= 0.3 is 0 Å². The van der Waals surface area contributed by atoms with Gasteiger partial charge in [-0.25, -0.2) is 12.8 Å². The van der Waals surface area contributed by atoms with E-state index in [-0.39, 0.29) is 17.0 Å². The fourth-order valence-corrected chi connectivity index (χ4v) is 2.38. The summed E-state index contributed by atoms with van der Waals surface area (Å²) >= 11 is 0. The van der Waals surface area contributed by atoms with Gasteiger partial charge in [-0.05, 0) is 6.07 Å². The van der Waals surface area contributed by atoms with Crippen molar-refractivity contribution in [3.8, 4) is 17.0 Å². The molecule has 3 N–H and O–H groups in total. The van der Waals surface area contributed by atoms with Crippen LogP contribution in [0.15, 0.2) is 23.1 Å². The van der Waals surface area contributed by atoms with E-state index in [1.165, 1.54) is 10.7 Å². The standard InChI is InChI=1S/C11H12FN3O3S/c1-15-11(13)4-8(14-15)6-3-7(12)10(5-9(6)16)19(2,17)18/h3-5,16H,13H2,1-2H3. The Labute approximate surface area is 109 Å². The first-order valence-corrected chi connectivity index (χ1v) is 7.11. The number of nitrogens with zero attached hydrogens (tertiary/aromatic N) is 2. The molecule has 0 aliphatic rings. The molecule has 6 nitrogen and oxygen atoms in total. The summed E-state index contributed by atoms with van der Waals surface area (Å²) < 4.78 is 37.8. The van der Waals surface area contributed by atoms with E-state index in [1.807, 2.05) is 0 Å². The lowest BCUT2D eigenvalue weighted by molar-refractivity contribution is 0.470. The molecule has 0 aliphatic carbocycles. The van der Waals surface area contributed by atoms with Crippen molar-refractivity contribution < 1.29 is 17.9 Å². The monoisotopic (exact) mass is 285 g/mol. The second-order valence-corrected chi connectivity index (χ2v) is 6.13. The number of nitrogens with two attached hydrogens (primary N) is 1. The molecule has 8 heteroatoms. The van der Waals surface area contributed by atoms with Crippen LogP contribution >= 0.6 is 0 Å². The van der Waals surface area contributed by atoms with Gasteiger partial charge in [0.15, 0.2) is 9.84 Å². The van der Waals surface area contributed by atoms with E-state index in [2.05, 4.69) is 5.10 Å². The van der Waals surface area contributed by atoms with Gasteiger partial charge in [0.1, 0.15) is 22.3 Å². The average molecular weight is 285 g/mol. The van der Waals surface area contributed by atoms with E-state index in [4.69, 9.17) is 5.73 Å². The number of aromatic hydroxyl groups is 1.